The smallest absolute Gasteiger partial charge is 0.325 e. The molecule has 0 unspecified atom stereocenters. The van der Waals surface area contributed by atoms with E-state index < -0.39 is 37.1 Å². The normalized spacial score (nSPS) is 26.5. The molecule has 0 aliphatic heterocycles. The first-order valence-electron chi connectivity index (χ1n) is 6.64. The number of benzene rings is 1. The molecule has 0 bridgehead atoms. The Morgan fingerprint density at radius 2 is 1.81 bits per heavy atom. The second-order valence-corrected chi connectivity index (χ2v) is 7.82. The van der Waals surface area contributed by atoms with Gasteiger partial charge in [-0.25, -0.2) is 17.2 Å². The molecule has 0 spiro atoms. The molecule has 1 N–H and O–H groups in total. The van der Waals surface area contributed by atoms with Gasteiger partial charge < -0.3 is 5.11 Å². The highest BCUT2D eigenvalue weighted by Crippen LogP contribution is 2.41. The second kappa shape index (κ2) is 5.36. The summed E-state index contributed by atoms with van der Waals surface area (Å²) in [5, 5.41) is 9.45. The minimum atomic E-state index is -4.29. The Bertz CT molecular complexity index is 662. The van der Waals surface area contributed by atoms with Gasteiger partial charge >= 0.3 is 5.97 Å². The zero-order valence-corrected chi connectivity index (χ0v) is 12.3. The molecule has 0 aromatic heterocycles. The quantitative estimate of drug-likeness (QED) is 0.870. The van der Waals surface area contributed by atoms with Crippen molar-refractivity contribution in [2.45, 2.75) is 42.2 Å². The van der Waals surface area contributed by atoms with Gasteiger partial charge in [-0.1, -0.05) is 6.92 Å². The molecule has 1 aromatic rings. The molecular weight excluding hydrogens is 302 g/mol. The summed E-state index contributed by atoms with van der Waals surface area (Å²) in [5.74, 6) is -3.66. The van der Waals surface area contributed by atoms with Gasteiger partial charge in [0.1, 0.15) is 0 Å². The standard InChI is InChI=1S/C14H16F2O4S/c1-9-4-6-14(7-5-9,13(17)18)21(19,20)10-2-3-11(15)12(16)8-10/h2-3,8-9H,4-7H2,1H3,(H,17,18). The van der Waals surface area contributed by atoms with Gasteiger partial charge in [0.25, 0.3) is 0 Å². The zero-order chi connectivity index (χ0) is 15.8. The number of carboxylic acids is 1. The van der Waals surface area contributed by atoms with Crippen molar-refractivity contribution < 1.29 is 27.1 Å². The summed E-state index contributed by atoms with van der Waals surface area (Å²) in [6.45, 7) is 1.93. The Balaban J connectivity index is 2.53. The highest BCUT2D eigenvalue weighted by atomic mass is 32.2. The zero-order valence-electron chi connectivity index (χ0n) is 11.5. The Labute approximate surface area is 121 Å². The fourth-order valence-electron chi connectivity index (χ4n) is 2.70. The van der Waals surface area contributed by atoms with Crippen molar-refractivity contribution in [3.05, 3.63) is 29.8 Å². The van der Waals surface area contributed by atoms with Crippen molar-refractivity contribution in [1.82, 2.24) is 0 Å². The molecule has 2 rings (SSSR count). The molecular formula is C14H16F2O4S. The van der Waals surface area contributed by atoms with E-state index in [0.29, 0.717) is 25.0 Å². The van der Waals surface area contributed by atoms with Gasteiger partial charge in [0, 0.05) is 0 Å². The third kappa shape index (κ3) is 2.54. The van der Waals surface area contributed by atoms with Gasteiger partial charge in [-0.15, -0.1) is 0 Å². The van der Waals surface area contributed by atoms with Crippen LogP contribution in [0.3, 0.4) is 0 Å². The molecule has 1 saturated carbocycles. The first-order valence-corrected chi connectivity index (χ1v) is 8.12. The molecule has 0 saturated heterocycles. The maximum absolute atomic E-state index is 13.3. The predicted octanol–water partition coefficient (Wildman–Crippen LogP) is 2.77. The molecule has 21 heavy (non-hydrogen) atoms. The lowest BCUT2D eigenvalue weighted by Crippen LogP contribution is -2.49. The number of carboxylic acid groups (broad SMARTS) is 1. The van der Waals surface area contributed by atoms with Gasteiger partial charge in [0.15, 0.2) is 26.2 Å². The molecule has 0 amide bonds. The highest BCUT2D eigenvalue weighted by molar-refractivity contribution is 7.93. The molecule has 4 nitrogen and oxygen atoms in total. The average molecular weight is 318 g/mol. The molecule has 0 radical (unpaired) electrons. The minimum Gasteiger partial charge on any atom is -0.480 e. The van der Waals surface area contributed by atoms with Crippen molar-refractivity contribution in [2.75, 3.05) is 0 Å². The van der Waals surface area contributed by atoms with Crippen molar-refractivity contribution in [2.24, 2.45) is 5.92 Å². The van der Waals surface area contributed by atoms with Crippen LogP contribution in [-0.4, -0.2) is 24.2 Å². The van der Waals surface area contributed by atoms with Crippen LogP contribution < -0.4 is 0 Å². The summed E-state index contributed by atoms with van der Waals surface area (Å²) in [6, 6.07) is 2.16. The van der Waals surface area contributed by atoms with Gasteiger partial charge in [0.05, 0.1) is 4.90 Å². The largest absolute Gasteiger partial charge is 0.480 e. The lowest BCUT2D eigenvalue weighted by atomic mass is 9.82. The predicted molar refractivity (Wildman–Crippen MR) is 71.5 cm³/mol. The minimum absolute atomic E-state index is 0.0230. The number of sulfone groups is 1. The molecule has 1 aromatic carbocycles. The molecule has 1 fully saturated rings. The summed E-state index contributed by atoms with van der Waals surface area (Å²) in [7, 11) is -4.29. The number of aliphatic carboxylic acids is 1. The van der Waals surface area contributed by atoms with Gasteiger partial charge in [-0.2, -0.15) is 0 Å². The summed E-state index contributed by atoms with van der Waals surface area (Å²) in [5.41, 5.74) is 0. The monoisotopic (exact) mass is 318 g/mol. The number of hydrogen-bond donors (Lipinski definition) is 1. The van der Waals surface area contributed by atoms with E-state index in [-0.39, 0.29) is 18.8 Å². The first kappa shape index (κ1) is 15.9. The van der Waals surface area contributed by atoms with E-state index in [2.05, 4.69) is 0 Å². The van der Waals surface area contributed by atoms with Crippen LogP contribution in [0.25, 0.3) is 0 Å². The second-order valence-electron chi connectivity index (χ2n) is 5.56. The summed E-state index contributed by atoms with van der Waals surface area (Å²) >= 11 is 0. The van der Waals surface area contributed by atoms with E-state index >= 15 is 0 Å². The van der Waals surface area contributed by atoms with Crippen LogP contribution in [0.4, 0.5) is 8.78 Å². The molecule has 0 atom stereocenters. The van der Waals surface area contributed by atoms with Crippen LogP contribution in [0.5, 0.6) is 0 Å². The number of carbonyl (C=O) groups is 1. The van der Waals surface area contributed by atoms with Gasteiger partial charge in [-0.05, 0) is 49.8 Å². The maximum atomic E-state index is 13.3. The van der Waals surface area contributed by atoms with E-state index in [1.807, 2.05) is 6.92 Å². The Morgan fingerprint density at radius 3 is 2.29 bits per heavy atom. The SMILES string of the molecule is CC1CCC(C(=O)O)(S(=O)(=O)c2ccc(F)c(F)c2)CC1. The number of hydrogen-bond acceptors (Lipinski definition) is 3. The van der Waals surface area contributed by atoms with Crippen molar-refractivity contribution in [3.8, 4) is 0 Å². The van der Waals surface area contributed by atoms with E-state index in [1.165, 1.54) is 0 Å². The Hall–Kier alpha value is -1.50. The van der Waals surface area contributed by atoms with Gasteiger partial charge in [-0.3, -0.25) is 4.79 Å². The first-order chi connectivity index (χ1) is 9.70. The molecule has 0 heterocycles. The number of rotatable bonds is 3. The van der Waals surface area contributed by atoms with E-state index in [0.717, 1.165) is 6.07 Å². The van der Waals surface area contributed by atoms with Crippen molar-refractivity contribution in [3.63, 3.8) is 0 Å². The topological polar surface area (TPSA) is 71.4 Å². The van der Waals surface area contributed by atoms with E-state index in [4.69, 9.17) is 0 Å². The average Bonchev–Trinajstić information content (AvgIpc) is 2.42. The molecule has 116 valence electrons. The summed E-state index contributed by atoms with van der Waals surface area (Å²) in [6.07, 6.45) is 0.889. The van der Waals surface area contributed by atoms with E-state index in [9.17, 15) is 27.1 Å². The molecule has 1 aliphatic carbocycles. The Morgan fingerprint density at radius 1 is 1.24 bits per heavy atom. The lowest BCUT2D eigenvalue weighted by molar-refractivity contribution is -0.141. The Kier molecular flexibility index (Phi) is 4.06. The van der Waals surface area contributed by atoms with Crippen LogP contribution in [0, 0.1) is 17.6 Å². The molecule has 1 aliphatic rings. The fraction of sp³-hybridized carbons (Fsp3) is 0.500. The van der Waals surface area contributed by atoms with Crippen LogP contribution in [0.15, 0.2) is 23.1 Å². The van der Waals surface area contributed by atoms with Crippen LogP contribution in [0.2, 0.25) is 0 Å². The maximum Gasteiger partial charge on any atom is 0.325 e. The van der Waals surface area contributed by atoms with E-state index in [1.54, 1.807) is 0 Å². The lowest BCUT2D eigenvalue weighted by Gasteiger charge is -2.35. The third-order valence-corrected chi connectivity index (χ3v) is 6.67. The van der Waals surface area contributed by atoms with Crippen LogP contribution in [0.1, 0.15) is 32.6 Å². The van der Waals surface area contributed by atoms with Crippen LogP contribution >= 0.6 is 0 Å². The summed E-state index contributed by atoms with van der Waals surface area (Å²) < 4.78 is 49.6. The van der Waals surface area contributed by atoms with Crippen LogP contribution in [-0.2, 0) is 14.6 Å². The third-order valence-electron chi connectivity index (χ3n) is 4.19. The summed E-state index contributed by atoms with van der Waals surface area (Å²) in [4.78, 5) is 11.1. The number of halogens is 2. The highest BCUT2D eigenvalue weighted by Gasteiger charge is 2.53. The van der Waals surface area contributed by atoms with Crippen molar-refractivity contribution >= 4 is 15.8 Å². The van der Waals surface area contributed by atoms with Gasteiger partial charge in [0.2, 0.25) is 0 Å². The van der Waals surface area contributed by atoms with Crippen molar-refractivity contribution in [1.29, 1.82) is 0 Å². The fourth-order valence-corrected chi connectivity index (χ4v) is 4.66. The molecule has 7 heteroatoms.